The van der Waals surface area contributed by atoms with Gasteiger partial charge in [-0.15, -0.1) is 0 Å². The summed E-state index contributed by atoms with van der Waals surface area (Å²) in [7, 11) is 1.79. The highest BCUT2D eigenvalue weighted by atomic mass is 16.5. The van der Waals surface area contributed by atoms with Crippen LogP contribution >= 0.6 is 0 Å². The molecule has 2 aromatic carbocycles. The van der Waals surface area contributed by atoms with Crippen LogP contribution in [0.5, 0.6) is 5.75 Å². The van der Waals surface area contributed by atoms with Crippen LogP contribution < -0.4 is 25.2 Å². The number of guanidine groups is 1. The first-order chi connectivity index (χ1) is 14.7. The van der Waals surface area contributed by atoms with Gasteiger partial charge in [-0.05, 0) is 37.1 Å². The lowest BCUT2D eigenvalue weighted by atomic mass is 10.2. The van der Waals surface area contributed by atoms with Crippen molar-refractivity contribution in [2.24, 2.45) is 4.99 Å². The van der Waals surface area contributed by atoms with Crippen molar-refractivity contribution >= 4 is 23.2 Å². The van der Waals surface area contributed by atoms with E-state index < -0.39 is 0 Å². The summed E-state index contributed by atoms with van der Waals surface area (Å²) in [5.74, 6) is 1.58. The van der Waals surface area contributed by atoms with E-state index >= 15 is 0 Å². The van der Waals surface area contributed by atoms with Gasteiger partial charge in [0.25, 0.3) is 5.91 Å². The number of hydrogen-bond acceptors (Lipinski definition) is 4. The van der Waals surface area contributed by atoms with Crippen LogP contribution in [0.4, 0.5) is 11.4 Å². The Kier molecular flexibility index (Phi) is 6.37. The first kappa shape index (κ1) is 20.1. The second-order valence-corrected chi connectivity index (χ2v) is 7.57. The molecule has 2 N–H and O–H groups in total. The maximum Gasteiger partial charge on any atom is 0.265 e. The summed E-state index contributed by atoms with van der Waals surface area (Å²) in [6.45, 7) is 3.49. The van der Waals surface area contributed by atoms with Crippen LogP contribution in [-0.4, -0.2) is 57.7 Å². The zero-order valence-corrected chi connectivity index (χ0v) is 17.4. The molecule has 0 spiro atoms. The molecule has 1 fully saturated rings. The van der Waals surface area contributed by atoms with Gasteiger partial charge in [-0.2, -0.15) is 0 Å². The van der Waals surface area contributed by atoms with Gasteiger partial charge in [-0.3, -0.25) is 9.79 Å². The fraction of sp³-hybridized carbons (Fsp3) is 0.391. The van der Waals surface area contributed by atoms with Crippen molar-refractivity contribution in [2.45, 2.75) is 18.9 Å². The van der Waals surface area contributed by atoms with Gasteiger partial charge in [0, 0.05) is 45.0 Å². The monoisotopic (exact) mass is 407 g/mol. The predicted octanol–water partition coefficient (Wildman–Crippen LogP) is 2.25. The molecule has 0 bridgehead atoms. The highest BCUT2D eigenvalue weighted by Gasteiger charge is 2.25. The van der Waals surface area contributed by atoms with Gasteiger partial charge in [0.05, 0.1) is 5.69 Å². The summed E-state index contributed by atoms with van der Waals surface area (Å²) in [6, 6.07) is 18.6. The van der Waals surface area contributed by atoms with Gasteiger partial charge in [-0.25, -0.2) is 0 Å². The summed E-state index contributed by atoms with van der Waals surface area (Å²) in [4.78, 5) is 20.8. The number of amides is 1. The molecule has 0 aromatic heterocycles. The lowest BCUT2D eigenvalue weighted by Gasteiger charge is -2.29. The number of aliphatic imine (C=N–C) groups is 1. The Morgan fingerprint density at radius 3 is 2.80 bits per heavy atom. The van der Waals surface area contributed by atoms with E-state index in [4.69, 9.17) is 4.74 Å². The molecule has 0 aliphatic carbocycles. The number of rotatable bonds is 6. The van der Waals surface area contributed by atoms with Gasteiger partial charge in [-0.1, -0.05) is 30.3 Å². The van der Waals surface area contributed by atoms with E-state index in [-0.39, 0.29) is 12.5 Å². The first-order valence-electron chi connectivity index (χ1n) is 10.5. The van der Waals surface area contributed by atoms with E-state index in [0.717, 1.165) is 49.9 Å². The second kappa shape index (κ2) is 9.52. The summed E-state index contributed by atoms with van der Waals surface area (Å²) in [6.07, 6.45) is 1.90. The number of anilines is 2. The molecule has 0 saturated carbocycles. The van der Waals surface area contributed by atoms with Crippen molar-refractivity contribution < 1.29 is 9.53 Å². The molecule has 0 radical (unpaired) electrons. The van der Waals surface area contributed by atoms with Crippen LogP contribution in [0.1, 0.15) is 12.8 Å². The third kappa shape index (κ3) is 4.67. The van der Waals surface area contributed by atoms with Gasteiger partial charge < -0.3 is 25.2 Å². The number of para-hydroxylation sites is 3. The Labute approximate surface area is 177 Å². The molecule has 4 rings (SSSR count). The zero-order valence-electron chi connectivity index (χ0n) is 17.4. The van der Waals surface area contributed by atoms with Crippen molar-refractivity contribution in [1.82, 2.24) is 10.6 Å². The number of carbonyl (C=O) groups is 1. The molecule has 1 unspecified atom stereocenters. The van der Waals surface area contributed by atoms with Crippen molar-refractivity contribution in [3.63, 3.8) is 0 Å². The number of nitrogens with one attached hydrogen (secondary N) is 2. The number of hydrogen-bond donors (Lipinski definition) is 2. The minimum Gasteiger partial charge on any atom is -0.482 e. The third-order valence-electron chi connectivity index (χ3n) is 5.53. The van der Waals surface area contributed by atoms with Crippen molar-refractivity contribution in [3.05, 3.63) is 54.6 Å². The maximum absolute atomic E-state index is 12.3. The van der Waals surface area contributed by atoms with Gasteiger partial charge in [0.1, 0.15) is 5.75 Å². The molecule has 30 heavy (non-hydrogen) atoms. The number of benzene rings is 2. The quantitative estimate of drug-likeness (QED) is 0.437. The molecule has 2 aliphatic rings. The Bertz CT molecular complexity index is 886. The Morgan fingerprint density at radius 2 is 1.97 bits per heavy atom. The van der Waals surface area contributed by atoms with E-state index in [9.17, 15) is 4.79 Å². The Hall–Kier alpha value is -3.22. The fourth-order valence-corrected chi connectivity index (χ4v) is 3.98. The van der Waals surface area contributed by atoms with Gasteiger partial charge in [0.2, 0.25) is 0 Å². The smallest absolute Gasteiger partial charge is 0.265 e. The van der Waals surface area contributed by atoms with Crippen LogP contribution in [0.2, 0.25) is 0 Å². The van der Waals surface area contributed by atoms with Gasteiger partial charge >= 0.3 is 0 Å². The fourth-order valence-electron chi connectivity index (χ4n) is 3.98. The van der Waals surface area contributed by atoms with Crippen molar-refractivity contribution in [2.75, 3.05) is 49.6 Å². The van der Waals surface area contributed by atoms with Crippen molar-refractivity contribution in [3.8, 4) is 5.75 Å². The molecular formula is C23H29N5O2. The molecular weight excluding hydrogens is 378 g/mol. The SMILES string of the molecule is CN=C(NCCCN1C(=O)COc2ccccc21)NC1CCN(c2ccccc2)C1. The van der Waals surface area contributed by atoms with Crippen molar-refractivity contribution in [1.29, 1.82) is 0 Å². The van der Waals surface area contributed by atoms with Crippen LogP contribution in [0, 0.1) is 0 Å². The predicted molar refractivity (Wildman–Crippen MR) is 120 cm³/mol. The minimum absolute atomic E-state index is 0.00293. The highest BCUT2D eigenvalue weighted by Crippen LogP contribution is 2.31. The lowest BCUT2D eigenvalue weighted by molar-refractivity contribution is -0.121. The summed E-state index contributed by atoms with van der Waals surface area (Å²) >= 11 is 0. The largest absolute Gasteiger partial charge is 0.482 e. The first-order valence-corrected chi connectivity index (χ1v) is 10.5. The molecule has 1 amide bonds. The van der Waals surface area contributed by atoms with Gasteiger partial charge in [0.15, 0.2) is 12.6 Å². The van der Waals surface area contributed by atoms with E-state index in [2.05, 4.69) is 44.8 Å². The maximum atomic E-state index is 12.3. The molecule has 2 aromatic rings. The van der Waals surface area contributed by atoms with Crippen LogP contribution in [-0.2, 0) is 4.79 Å². The summed E-state index contributed by atoms with van der Waals surface area (Å²) < 4.78 is 5.50. The van der Waals surface area contributed by atoms with E-state index in [1.807, 2.05) is 35.2 Å². The Morgan fingerprint density at radius 1 is 1.17 bits per heavy atom. The molecule has 7 nitrogen and oxygen atoms in total. The average Bonchev–Trinajstić information content (AvgIpc) is 3.26. The minimum atomic E-state index is 0.00293. The molecule has 7 heteroatoms. The average molecular weight is 408 g/mol. The van der Waals surface area contributed by atoms with E-state index in [1.165, 1.54) is 5.69 Å². The number of fused-ring (bicyclic) bond motifs is 1. The number of nitrogens with zero attached hydrogens (tertiary/aromatic N) is 3. The number of carbonyl (C=O) groups excluding carboxylic acids is 1. The number of ether oxygens (including phenoxy) is 1. The molecule has 158 valence electrons. The standard InChI is InChI=1S/C23H29N5O2/c1-24-23(26-18-12-15-27(16-18)19-8-3-2-4-9-19)25-13-7-14-28-20-10-5-6-11-21(20)30-17-22(28)29/h2-6,8-11,18H,7,12-17H2,1H3,(H2,24,25,26). The van der Waals surface area contributed by atoms with E-state index in [0.29, 0.717) is 12.6 Å². The van der Waals surface area contributed by atoms with E-state index in [1.54, 1.807) is 7.05 Å². The third-order valence-corrected chi connectivity index (χ3v) is 5.53. The molecule has 1 saturated heterocycles. The highest BCUT2D eigenvalue weighted by molar-refractivity contribution is 5.97. The van der Waals surface area contributed by atoms with Crippen LogP contribution in [0.15, 0.2) is 59.6 Å². The molecule has 2 aliphatic heterocycles. The van der Waals surface area contributed by atoms with Crippen LogP contribution in [0.3, 0.4) is 0 Å². The Balaban J connectivity index is 1.23. The second-order valence-electron chi connectivity index (χ2n) is 7.57. The van der Waals surface area contributed by atoms with Crippen LogP contribution in [0.25, 0.3) is 0 Å². The molecule has 2 heterocycles. The topological polar surface area (TPSA) is 69.2 Å². The lowest BCUT2D eigenvalue weighted by Crippen LogP contribution is -2.45. The summed E-state index contributed by atoms with van der Waals surface area (Å²) in [5.41, 5.74) is 2.11. The summed E-state index contributed by atoms with van der Waals surface area (Å²) in [5, 5.41) is 6.91. The normalized spacial score (nSPS) is 18.8. The molecule has 1 atom stereocenters. The zero-order chi connectivity index (χ0) is 20.8.